The number of rotatable bonds is 1. The zero-order valence-corrected chi connectivity index (χ0v) is 11.0. The number of alkyl halides is 3. The van der Waals surface area contributed by atoms with Gasteiger partial charge in [-0.3, -0.25) is 0 Å². The van der Waals surface area contributed by atoms with Crippen LogP contribution in [-0.2, 0) is 16.5 Å². The zero-order chi connectivity index (χ0) is 13.8. The summed E-state index contributed by atoms with van der Waals surface area (Å²) in [5, 5.41) is 3.32. The molecule has 2 saturated heterocycles. The smallest absolute Gasteiger partial charge is 0.367 e. The molecule has 1 aromatic rings. The predicted molar refractivity (Wildman–Crippen MR) is 65.2 cm³/mol. The van der Waals surface area contributed by atoms with Crippen molar-refractivity contribution in [2.24, 2.45) is 0 Å². The number of morpholine rings is 1. The number of benzene rings is 1. The number of nitrogens with one attached hydrogen (secondary N) is 1. The molecule has 0 spiro atoms. The maximum absolute atomic E-state index is 13.2. The van der Waals surface area contributed by atoms with E-state index >= 15 is 0 Å². The molecule has 6 heteroatoms. The van der Waals surface area contributed by atoms with Crippen LogP contribution in [-0.4, -0.2) is 19.2 Å². The summed E-state index contributed by atoms with van der Waals surface area (Å²) in [5.74, 6) is 0. The fourth-order valence-corrected chi connectivity index (χ4v) is 3.08. The maximum atomic E-state index is 13.2. The molecule has 2 bridgehead atoms. The lowest BCUT2D eigenvalue weighted by molar-refractivity contribution is -0.141. The topological polar surface area (TPSA) is 21.3 Å². The Labute approximate surface area is 113 Å². The average molecular weight is 292 g/mol. The third-order valence-electron chi connectivity index (χ3n) is 3.91. The van der Waals surface area contributed by atoms with Crippen LogP contribution in [0.25, 0.3) is 0 Å². The Balaban J connectivity index is 2.17. The van der Waals surface area contributed by atoms with E-state index in [2.05, 4.69) is 5.32 Å². The first-order chi connectivity index (χ1) is 8.82. The van der Waals surface area contributed by atoms with Gasteiger partial charge in [0.1, 0.15) is 5.60 Å². The van der Waals surface area contributed by atoms with Crippen molar-refractivity contribution >= 4 is 11.6 Å². The normalized spacial score (nSPS) is 30.1. The molecule has 0 saturated carbocycles. The average Bonchev–Trinajstić information content (AvgIpc) is 2.92. The summed E-state index contributed by atoms with van der Waals surface area (Å²) in [7, 11) is 0. The number of fused-ring (bicyclic) bond motifs is 2. The van der Waals surface area contributed by atoms with E-state index in [0.29, 0.717) is 25.1 Å². The summed E-state index contributed by atoms with van der Waals surface area (Å²) in [5.41, 5.74) is -0.704. The lowest BCUT2D eigenvalue weighted by atomic mass is 9.87. The quantitative estimate of drug-likeness (QED) is 0.857. The van der Waals surface area contributed by atoms with Crippen LogP contribution < -0.4 is 5.32 Å². The molecule has 104 valence electrons. The summed E-state index contributed by atoms with van der Waals surface area (Å²) in [4.78, 5) is 0. The monoisotopic (exact) mass is 291 g/mol. The van der Waals surface area contributed by atoms with Crippen molar-refractivity contribution in [1.82, 2.24) is 5.32 Å². The molecular formula is C13H13ClF3NO. The maximum Gasteiger partial charge on any atom is 0.416 e. The predicted octanol–water partition coefficient (Wildman–Crippen LogP) is 3.25. The first kappa shape index (κ1) is 13.2. The molecule has 1 aromatic carbocycles. The molecule has 2 aliphatic heterocycles. The highest BCUT2D eigenvalue weighted by Gasteiger charge is 2.51. The molecule has 2 heterocycles. The lowest BCUT2D eigenvalue weighted by Gasteiger charge is -2.30. The summed E-state index contributed by atoms with van der Waals surface area (Å²) < 4.78 is 45.2. The highest BCUT2D eigenvalue weighted by Crippen LogP contribution is 2.46. The van der Waals surface area contributed by atoms with Crippen LogP contribution in [0, 0.1) is 6.92 Å². The Kier molecular flexibility index (Phi) is 2.86. The van der Waals surface area contributed by atoms with Crippen molar-refractivity contribution in [3.63, 3.8) is 0 Å². The van der Waals surface area contributed by atoms with Gasteiger partial charge >= 0.3 is 6.18 Å². The van der Waals surface area contributed by atoms with E-state index in [0.717, 1.165) is 6.07 Å². The molecule has 2 unspecified atom stereocenters. The molecule has 3 rings (SSSR count). The van der Waals surface area contributed by atoms with Gasteiger partial charge in [-0.25, -0.2) is 0 Å². The van der Waals surface area contributed by atoms with Crippen LogP contribution in [0.1, 0.15) is 23.1 Å². The Morgan fingerprint density at radius 2 is 2.16 bits per heavy atom. The Hall–Kier alpha value is -0.780. The molecule has 2 aliphatic rings. The van der Waals surface area contributed by atoms with Crippen LogP contribution >= 0.6 is 11.6 Å². The number of hydrogen-bond donors (Lipinski definition) is 1. The molecule has 0 radical (unpaired) electrons. The first-order valence-corrected chi connectivity index (χ1v) is 6.45. The number of ether oxygens (including phenoxy) is 1. The fraction of sp³-hybridized carbons (Fsp3) is 0.538. The SMILES string of the molecule is Cc1cc(C23CNC(CO2)C3)c(C(F)(F)F)cc1Cl. The molecule has 2 atom stereocenters. The van der Waals surface area contributed by atoms with Gasteiger partial charge < -0.3 is 10.1 Å². The van der Waals surface area contributed by atoms with Crippen molar-refractivity contribution in [3.8, 4) is 0 Å². The van der Waals surface area contributed by atoms with Crippen LogP contribution in [0.5, 0.6) is 0 Å². The summed E-state index contributed by atoms with van der Waals surface area (Å²) in [6.45, 7) is 2.58. The second-order valence-corrected chi connectivity index (χ2v) is 5.64. The molecule has 2 nitrogen and oxygen atoms in total. The molecule has 19 heavy (non-hydrogen) atoms. The Bertz CT molecular complexity index is 521. The van der Waals surface area contributed by atoms with E-state index in [4.69, 9.17) is 16.3 Å². The minimum atomic E-state index is -4.43. The number of aryl methyl sites for hydroxylation is 1. The summed E-state index contributed by atoms with van der Waals surface area (Å²) in [6, 6.07) is 2.67. The molecule has 1 N–H and O–H groups in total. The van der Waals surface area contributed by atoms with E-state index in [-0.39, 0.29) is 16.6 Å². The van der Waals surface area contributed by atoms with Crippen LogP contribution in [0.4, 0.5) is 13.2 Å². The van der Waals surface area contributed by atoms with Crippen molar-refractivity contribution < 1.29 is 17.9 Å². The molecule has 2 fully saturated rings. The van der Waals surface area contributed by atoms with Crippen molar-refractivity contribution in [2.45, 2.75) is 31.2 Å². The second kappa shape index (κ2) is 4.11. The van der Waals surface area contributed by atoms with Gasteiger partial charge in [0.05, 0.1) is 12.2 Å². The minimum absolute atomic E-state index is 0.132. The highest BCUT2D eigenvalue weighted by atomic mass is 35.5. The third-order valence-corrected chi connectivity index (χ3v) is 4.32. The first-order valence-electron chi connectivity index (χ1n) is 6.07. The van der Waals surface area contributed by atoms with E-state index in [9.17, 15) is 13.2 Å². The number of hydrogen-bond acceptors (Lipinski definition) is 2. The summed E-state index contributed by atoms with van der Waals surface area (Å²) in [6.07, 6.45) is -3.84. The van der Waals surface area contributed by atoms with Gasteiger partial charge in [-0.05, 0) is 30.5 Å². The van der Waals surface area contributed by atoms with Crippen LogP contribution in [0.15, 0.2) is 12.1 Å². The van der Waals surface area contributed by atoms with Crippen LogP contribution in [0.2, 0.25) is 5.02 Å². The van der Waals surface area contributed by atoms with E-state index in [1.807, 2.05) is 0 Å². The zero-order valence-electron chi connectivity index (χ0n) is 10.3. The van der Waals surface area contributed by atoms with Crippen molar-refractivity contribution in [2.75, 3.05) is 13.2 Å². The van der Waals surface area contributed by atoms with Crippen molar-refractivity contribution in [3.05, 3.63) is 33.8 Å². The minimum Gasteiger partial charge on any atom is -0.367 e. The van der Waals surface area contributed by atoms with Gasteiger partial charge in [0, 0.05) is 17.6 Å². The van der Waals surface area contributed by atoms with Gasteiger partial charge in [-0.2, -0.15) is 13.2 Å². The number of halogens is 4. The second-order valence-electron chi connectivity index (χ2n) is 5.23. The van der Waals surface area contributed by atoms with E-state index in [1.54, 1.807) is 6.92 Å². The van der Waals surface area contributed by atoms with Gasteiger partial charge in [0.15, 0.2) is 0 Å². The molecule has 0 amide bonds. The van der Waals surface area contributed by atoms with Gasteiger partial charge in [0.25, 0.3) is 0 Å². The molecule has 0 aromatic heterocycles. The fourth-order valence-electron chi connectivity index (χ4n) is 2.92. The van der Waals surface area contributed by atoms with Gasteiger partial charge in [-0.1, -0.05) is 17.7 Å². The standard InChI is InChI=1S/C13H13ClF3NO/c1-7-2-9(10(3-11(7)14)13(15,16)17)12-4-8(5-19-12)18-6-12/h2-3,8,18H,4-6H2,1H3. The van der Waals surface area contributed by atoms with Crippen molar-refractivity contribution in [1.29, 1.82) is 0 Å². The Morgan fingerprint density at radius 3 is 2.63 bits per heavy atom. The van der Waals surface area contributed by atoms with Gasteiger partial charge in [0.2, 0.25) is 0 Å². The van der Waals surface area contributed by atoms with E-state index in [1.165, 1.54) is 6.07 Å². The highest BCUT2D eigenvalue weighted by molar-refractivity contribution is 6.31. The lowest BCUT2D eigenvalue weighted by Crippen LogP contribution is -2.38. The summed E-state index contributed by atoms with van der Waals surface area (Å²) >= 11 is 5.84. The van der Waals surface area contributed by atoms with E-state index < -0.39 is 17.3 Å². The van der Waals surface area contributed by atoms with Crippen LogP contribution in [0.3, 0.4) is 0 Å². The Morgan fingerprint density at radius 1 is 1.42 bits per heavy atom. The largest absolute Gasteiger partial charge is 0.416 e. The molecule has 0 aliphatic carbocycles. The molecular weight excluding hydrogens is 279 g/mol. The third kappa shape index (κ3) is 2.04. The van der Waals surface area contributed by atoms with Gasteiger partial charge in [-0.15, -0.1) is 0 Å².